The summed E-state index contributed by atoms with van der Waals surface area (Å²) in [4.78, 5) is 26.9. The SMILES string of the molecule is CN=C(NCCc1nc2ccccc2[nH]1)NC1CCN(C(=O)C2CCCC2)C1.I. The van der Waals surface area contributed by atoms with Gasteiger partial charge in [0.2, 0.25) is 5.91 Å². The smallest absolute Gasteiger partial charge is 0.225 e. The maximum Gasteiger partial charge on any atom is 0.225 e. The van der Waals surface area contributed by atoms with Crippen molar-refractivity contribution in [3.8, 4) is 0 Å². The number of guanidine groups is 1. The summed E-state index contributed by atoms with van der Waals surface area (Å²) >= 11 is 0. The molecule has 0 radical (unpaired) electrons. The number of H-pyrrole nitrogens is 1. The summed E-state index contributed by atoms with van der Waals surface area (Å²) < 4.78 is 0. The third-order valence-electron chi connectivity index (χ3n) is 5.86. The van der Waals surface area contributed by atoms with Gasteiger partial charge in [0.25, 0.3) is 0 Å². The number of hydrogen-bond donors (Lipinski definition) is 3. The molecule has 8 heteroatoms. The summed E-state index contributed by atoms with van der Waals surface area (Å²) in [5.41, 5.74) is 2.07. The van der Waals surface area contributed by atoms with Gasteiger partial charge in [0.05, 0.1) is 11.0 Å². The van der Waals surface area contributed by atoms with E-state index >= 15 is 0 Å². The zero-order chi connectivity index (χ0) is 19.3. The maximum atomic E-state index is 12.6. The molecule has 1 saturated heterocycles. The third-order valence-corrected chi connectivity index (χ3v) is 5.86. The summed E-state index contributed by atoms with van der Waals surface area (Å²) in [5.74, 6) is 2.38. The first-order chi connectivity index (χ1) is 13.7. The molecule has 158 valence electrons. The fourth-order valence-corrected chi connectivity index (χ4v) is 4.32. The van der Waals surface area contributed by atoms with Gasteiger partial charge in [-0.05, 0) is 31.4 Å². The average Bonchev–Trinajstić information content (AvgIpc) is 3.46. The van der Waals surface area contributed by atoms with E-state index in [1.54, 1.807) is 7.05 Å². The van der Waals surface area contributed by atoms with E-state index < -0.39 is 0 Å². The second kappa shape index (κ2) is 10.3. The van der Waals surface area contributed by atoms with Gasteiger partial charge in [-0.1, -0.05) is 25.0 Å². The lowest BCUT2D eigenvalue weighted by atomic mass is 10.1. The predicted molar refractivity (Wildman–Crippen MR) is 127 cm³/mol. The topological polar surface area (TPSA) is 85.4 Å². The molecule has 1 atom stereocenters. The number of aromatic amines is 1. The fourth-order valence-electron chi connectivity index (χ4n) is 4.32. The summed E-state index contributed by atoms with van der Waals surface area (Å²) in [6.07, 6.45) is 6.31. The first-order valence-corrected chi connectivity index (χ1v) is 10.4. The van der Waals surface area contributed by atoms with E-state index in [9.17, 15) is 4.79 Å². The summed E-state index contributed by atoms with van der Waals surface area (Å²) in [5, 5.41) is 6.83. The number of aliphatic imine (C=N–C) groups is 1. The van der Waals surface area contributed by atoms with Gasteiger partial charge in [0.1, 0.15) is 5.82 Å². The lowest BCUT2D eigenvalue weighted by molar-refractivity contribution is -0.134. The minimum atomic E-state index is 0. The number of likely N-dealkylation sites (tertiary alicyclic amines) is 1. The van der Waals surface area contributed by atoms with Crippen LogP contribution in [0.15, 0.2) is 29.3 Å². The number of benzene rings is 1. The molecular weight excluding hydrogens is 479 g/mol. The lowest BCUT2D eigenvalue weighted by Crippen LogP contribution is -2.45. The largest absolute Gasteiger partial charge is 0.356 e. The highest BCUT2D eigenvalue weighted by Gasteiger charge is 2.32. The van der Waals surface area contributed by atoms with Crippen molar-refractivity contribution in [2.45, 2.75) is 44.6 Å². The average molecular weight is 510 g/mol. The second-order valence-electron chi connectivity index (χ2n) is 7.85. The molecule has 29 heavy (non-hydrogen) atoms. The number of halogens is 1. The molecule has 7 nitrogen and oxygen atoms in total. The molecule has 4 rings (SSSR count). The van der Waals surface area contributed by atoms with Gasteiger partial charge in [-0.2, -0.15) is 0 Å². The van der Waals surface area contributed by atoms with Crippen molar-refractivity contribution in [2.75, 3.05) is 26.7 Å². The lowest BCUT2D eigenvalue weighted by Gasteiger charge is -2.21. The van der Waals surface area contributed by atoms with Crippen molar-refractivity contribution in [1.29, 1.82) is 0 Å². The van der Waals surface area contributed by atoms with Crippen molar-refractivity contribution in [2.24, 2.45) is 10.9 Å². The molecular formula is C21H31IN6O. The Balaban J connectivity index is 0.00000240. The Morgan fingerprint density at radius 1 is 1.28 bits per heavy atom. The van der Waals surface area contributed by atoms with E-state index in [0.29, 0.717) is 5.91 Å². The Labute approximate surface area is 189 Å². The summed E-state index contributed by atoms with van der Waals surface area (Å²) in [6.45, 7) is 2.37. The van der Waals surface area contributed by atoms with Crippen LogP contribution in [-0.2, 0) is 11.2 Å². The number of carbonyl (C=O) groups excluding carboxylic acids is 1. The van der Waals surface area contributed by atoms with Gasteiger partial charge in [-0.3, -0.25) is 9.79 Å². The van der Waals surface area contributed by atoms with Crippen LogP contribution in [0.3, 0.4) is 0 Å². The Morgan fingerprint density at radius 3 is 2.83 bits per heavy atom. The highest BCUT2D eigenvalue weighted by atomic mass is 127. The van der Waals surface area contributed by atoms with Crippen LogP contribution in [0.1, 0.15) is 37.9 Å². The number of imidazole rings is 1. The number of nitrogens with zero attached hydrogens (tertiary/aromatic N) is 3. The Morgan fingerprint density at radius 2 is 2.07 bits per heavy atom. The van der Waals surface area contributed by atoms with E-state index in [1.807, 2.05) is 29.2 Å². The number of para-hydroxylation sites is 2. The monoisotopic (exact) mass is 510 g/mol. The number of amides is 1. The number of rotatable bonds is 5. The van der Waals surface area contributed by atoms with E-state index in [0.717, 1.165) is 68.1 Å². The Hall–Kier alpha value is -1.84. The Kier molecular flexibility index (Phi) is 7.74. The molecule has 1 amide bonds. The highest BCUT2D eigenvalue weighted by Crippen LogP contribution is 2.27. The van der Waals surface area contributed by atoms with Crippen molar-refractivity contribution < 1.29 is 4.79 Å². The molecule has 1 unspecified atom stereocenters. The molecule has 2 aromatic rings. The van der Waals surface area contributed by atoms with Crippen molar-refractivity contribution in [3.05, 3.63) is 30.1 Å². The molecule has 1 saturated carbocycles. The highest BCUT2D eigenvalue weighted by molar-refractivity contribution is 14.0. The van der Waals surface area contributed by atoms with Gasteiger partial charge in [-0.25, -0.2) is 4.98 Å². The van der Waals surface area contributed by atoms with Gasteiger partial charge in [-0.15, -0.1) is 24.0 Å². The van der Waals surface area contributed by atoms with Crippen LogP contribution >= 0.6 is 24.0 Å². The van der Waals surface area contributed by atoms with Crippen LogP contribution in [0, 0.1) is 5.92 Å². The predicted octanol–water partition coefficient (Wildman–Crippen LogP) is 2.68. The minimum absolute atomic E-state index is 0. The minimum Gasteiger partial charge on any atom is -0.356 e. The van der Waals surface area contributed by atoms with Crippen LogP contribution in [0.4, 0.5) is 0 Å². The number of nitrogens with one attached hydrogen (secondary N) is 3. The zero-order valence-electron chi connectivity index (χ0n) is 17.0. The fraction of sp³-hybridized carbons (Fsp3) is 0.571. The standard InChI is InChI=1S/C21H30N6O.HI/c1-22-21(23-12-10-19-25-17-8-4-5-9-18(17)26-19)24-16-11-13-27(14-16)20(28)15-6-2-3-7-15;/h4-5,8-9,15-16H,2-3,6-7,10-14H2,1H3,(H,25,26)(H2,22,23,24);1H. The van der Waals surface area contributed by atoms with E-state index in [4.69, 9.17) is 0 Å². The van der Waals surface area contributed by atoms with Gasteiger partial charge < -0.3 is 20.5 Å². The molecule has 1 aromatic carbocycles. The molecule has 2 aliphatic rings. The molecule has 1 aliphatic carbocycles. The number of fused-ring (bicyclic) bond motifs is 1. The third kappa shape index (κ3) is 5.40. The van der Waals surface area contributed by atoms with Gasteiger partial charge >= 0.3 is 0 Å². The van der Waals surface area contributed by atoms with E-state index in [1.165, 1.54) is 12.8 Å². The first-order valence-electron chi connectivity index (χ1n) is 10.4. The van der Waals surface area contributed by atoms with Crippen LogP contribution in [0.25, 0.3) is 11.0 Å². The van der Waals surface area contributed by atoms with E-state index in [2.05, 4.69) is 25.6 Å². The quantitative estimate of drug-likeness (QED) is 0.328. The Bertz CT molecular complexity index is 812. The number of carbonyl (C=O) groups is 1. The number of hydrogen-bond acceptors (Lipinski definition) is 3. The van der Waals surface area contributed by atoms with Crippen molar-refractivity contribution >= 4 is 46.9 Å². The second-order valence-corrected chi connectivity index (χ2v) is 7.85. The van der Waals surface area contributed by atoms with Crippen LogP contribution in [0.5, 0.6) is 0 Å². The summed E-state index contributed by atoms with van der Waals surface area (Å²) in [6, 6.07) is 8.33. The van der Waals surface area contributed by atoms with Gasteiger partial charge in [0.15, 0.2) is 5.96 Å². The molecule has 1 aliphatic heterocycles. The summed E-state index contributed by atoms with van der Waals surface area (Å²) in [7, 11) is 1.78. The molecule has 2 fully saturated rings. The van der Waals surface area contributed by atoms with Crippen LogP contribution in [0.2, 0.25) is 0 Å². The number of aromatic nitrogens is 2. The molecule has 3 N–H and O–H groups in total. The molecule has 1 aromatic heterocycles. The van der Waals surface area contributed by atoms with Crippen molar-refractivity contribution in [1.82, 2.24) is 25.5 Å². The maximum absolute atomic E-state index is 12.6. The van der Waals surface area contributed by atoms with Gasteiger partial charge in [0, 0.05) is 45.1 Å². The van der Waals surface area contributed by atoms with Crippen molar-refractivity contribution in [3.63, 3.8) is 0 Å². The van der Waals surface area contributed by atoms with E-state index in [-0.39, 0.29) is 35.9 Å². The molecule has 0 bridgehead atoms. The molecule has 2 heterocycles. The molecule has 0 spiro atoms. The van der Waals surface area contributed by atoms with Crippen LogP contribution < -0.4 is 10.6 Å². The zero-order valence-corrected chi connectivity index (χ0v) is 19.3. The normalized spacial score (nSPS) is 20.1. The van der Waals surface area contributed by atoms with Crippen LogP contribution in [-0.4, -0.2) is 59.5 Å². The first kappa shape index (κ1) is 21.9.